The Morgan fingerprint density at radius 3 is 1.42 bits per heavy atom. The van der Waals surface area contributed by atoms with Crippen molar-refractivity contribution in [3.63, 3.8) is 0 Å². The number of hydrogen-bond acceptors (Lipinski definition) is 2. The van der Waals surface area contributed by atoms with Gasteiger partial charge in [0, 0.05) is 13.1 Å². The Morgan fingerprint density at radius 1 is 0.667 bits per heavy atom. The van der Waals surface area contributed by atoms with Crippen molar-refractivity contribution in [2.24, 2.45) is 11.5 Å². The first-order valence-electron chi connectivity index (χ1n) is 4.62. The zero-order valence-electron chi connectivity index (χ0n) is 7.71. The molecular weight excluding hydrogens is 148 g/mol. The fourth-order valence-electron chi connectivity index (χ4n) is 0.953. The van der Waals surface area contributed by atoms with Crippen LogP contribution in [0, 0.1) is 0 Å². The molecule has 0 aromatic heterocycles. The summed E-state index contributed by atoms with van der Waals surface area (Å²) in [5.41, 5.74) is 10.6. The third-order valence-corrected chi connectivity index (χ3v) is 1.60. The van der Waals surface area contributed by atoms with Gasteiger partial charge in [-0.15, -0.1) is 0 Å². The average Bonchev–Trinajstić information content (AvgIpc) is 2.10. The molecule has 0 aliphatic carbocycles. The van der Waals surface area contributed by atoms with Gasteiger partial charge in [0.05, 0.1) is 0 Å². The van der Waals surface area contributed by atoms with Crippen molar-refractivity contribution >= 4 is 0 Å². The zero-order chi connectivity index (χ0) is 9.07. The molecule has 0 amide bonds. The van der Waals surface area contributed by atoms with E-state index in [0.717, 1.165) is 12.8 Å². The van der Waals surface area contributed by atoms with E-state index in [0.29, 0.717) is 13.1 Å². The second-order valence-corrected chi connectivity index (χ2v) is 2.70. The molecule has 0 radical (unpaired) electrons. The molecule has 2 nitrogen and oxygen atoms in total. The summed E-state index contributed by atoms with van der Waals surface area (Å²) >= 11 is 0. The van der Waals surface area contributed by atoms with Gasteiger partial charge in [-0.05, 0) is 25.7 Å². The molecule has 0 aliphatic heterocycles. The normalized spacial score (nSPS) is 11.8. The molecule has 0 saturated carbocycles. The van der Waals surface area contributed by atoms with Crippen molar-refractivity contribution in [3.05, 3.63) is 24.3 Å². The van der Waals surface area contributed by atoms with Gasteiger partial charge in [-0.3, -0.25) is 0 Å². The minimum Gasteiger partial charge on any atom is -0.327 e. The SMILES string of the molecule is NCC=CCCCCC=CCN. The molecule has 0 fully saturated rings. The van der Waals surface area contributed by atoms with Crippen molar-refractivity contribution in [1.29, 1.82) is 0 Å². The summed E-state index contributed by atoms with van der Waals surface area (Å²) in [6.07, 6.45) is 13.1. The third kappa shape index (κ3) is 9.40. The van der Waals surface area contributed by atoms with Gasteiger partial charge in [0.25, 0.3) is 0 Å². The van der Waals surface area contributed by atoms with Crippen LogP contribution in [0.1, 0.15) is 25.7 Å². The van der Waals surface area contributed by atoms with Crippen LogP contribution < -0.4 is 11.5 Å². The molecule has 0 bridgehead atoms. The number of allylic oxidation sites excluding steroid dienone is 2. The van der Waals surface area contributed by atoms with Gasteiger partial charge in [0.1, 0.15) is 0 Å². The van der Waals surface area contributed by atoms with E-state index in [1.54, 1.807) is 0 Å². The minimum absolute atomic E-state index is 0.660. The lowest BCUT2D eigenvalue weighted by Gasteiger charge is -1.92. The molecule has 0 spiro atoms. The van der Waals surface area contributed by atoms with Crippen molar-refractivity contribution in [2.75, 3.05) is 13.1 Å². The van der Waals surface area contributed by atoms with Gasteiger partial charge in [-0.1, -0.05) is 24.3 Å². The second kappa shape index (κ2) is 10.4. The lowest BCUT2D eigenvalue weighted by atomic mass is 10.2. The summed E-state index contributed by atoms with van der Waals surface area (Å²) in [5.74, 6) is 0. The largest absolute Gasteiger partial charge is 0.327 e. The van der Waals surface area contributed by atoms with E-state index in [4.69, 9.17) is 11.5 Å². The summed E-state index contributed by atoms with van der Waals surface area (Å²) in [6, 6.07) is 0. The first-order valence-corrected chi connectivity index (χ1v) is 4.62. The summed E-state index contributed by atoms with van der Waals surface area (Å²) < 4.78 is 0. The highest BCUT2D eigenvalue weighted by Crippen LogP contribution is 2.00. The highest BCUT2D eigenvalue weighted by molar-refractivity contribution is 4.84. The Bertz CT molecular complexity index is 112. The van der Waals surface area contributed by atoms with Gasteiger partial charge in [0.2, 0.25) is 0 Å². The smallest absolute Gasteiger partial charge is 0.0106 e. The Balaban J connectivity index is 3.00. The van der Waals surface area contributed by atoms with E-state index in [1.807, 2.05) is 12.2 Å². The number of unbranched alkanes of at least 4 members (excludes halogenated alkanes) is 3. The zero-order valence-corrected chi connectivity index (χ0v) is 7.71. The van der Waals surface area contributed by atoms with Crippen molar-refractivity contribution < 1.29 is 0 Å². The number of rotatable bonds is 7. The molecule has 0 atom stereocenters. The summed E-state index contributed by atoms with van der Waals surface area (Å²) in [4.78, 5) is 0. The van der Waals surface area contributed by atoms with Crippen molar-refractivity contribution in [1.82, 2.24) is 0 Å². The lowest BCUT2D eigenvalue weighted by Crippen LogP contribution is -1.92. The molecule has 0 aromatic carbocycles. The molecular formula is C10H20N2. The first-order chi connectivity index (χ1) is 5.91. The van der Waals surface area contributed by atoms with Crippen LogP contribution in [0.25, 0.3) is 0 Å². The van der Waals surface area contributed by atoms with E-state index in [1.165, 1.54) is 12.8 Å². The van der Waals surface area contributed by atoms with Crippen LogP contribution in [0.4, 0.5) is 0 Å². The molecule has 0 saturated heterocycles. The maximum absolute atomic E-state index is 5.30. The van der Waals surface area contributed by atoms with Crippen LogP contribution in [-0.2, 0) is 0 Å². The van der Waals surface area contributed by atoms with E-state index < -0.39 is 0 Å². The van der Waals surface area contributed by atoms with Gasteiger partial charge >= 0.3 is 0 Å². The number of hydrogen-bond donors (Lipinski definition) is 2. The highest BCUT2D eigenvalue weighted by atomic mass is 14.5. The summed E-state index contributed by atoms with van der Waals surface area (Å²) in [7, 11) is 0. The molecule has 70 valence electrons. The average molecular weight is 168 g/mol. The Morgan fingerprint density at radius 2 is 1.08 bits per heavy atom. The van der Waals surface area contributed by atoms with Crippen LogP contribution in [0.5, 0.6) is 0 Å². The van der Waals surface area contributed by atoms with Crippen LogP contribution in [-0.4, -0.2) is 13.1 Å². The molecule has 0 heterocycles. The molecule has 0 aliphatic rings. The molecule has 2 heteroatoms. The first kappa shape index (κ1) is 11.4. The molecule has 0 rings (SSSR count). The fourth-order valence-corrected chi connectivity index (χ4v) is 0.953. The fraction of sp³-hybridized carbons (Fsp3) is 0.600. The van der Waals surface area contributed by atoms with E-state index in [9.17, 15) is 0 Å². The topological polar surface area (TPSA) is 52.0 Å². The summed E-state index contributed by atoms with van der Waals surface area (Å²) in [6.45, 7) is 1.32. The Hall–Kier alpha value is -0.600. The second-order valence-electron chi connectivity index (χ2n) is 2.70. The summed E-state index contributed by atoms with van der Waals surface area (Å²) in [5, 5.41) is 0. The van der Waals surface area contributed by atoms with Crippen molar-refractivity contribution in [2.45, 2.75) is 25.7 Å². The lowest BCUT2D eigenvalue weighted by molar-refractivity contribution is 0.760. The van der Waals surface area contributed by atoms with Gasteiger partial charge in [-0.25, -0.2) is 0 Å². The van der Waals surface area contributed by atoms with Crippen LogP contribution in [0.2, 0.25) is 0 Å². The van der Waals surface area contributed by atoms with Gasteiger partial charge in [0.15, 0.2) is 0 Å². The van der Waals surface area contributed by atoms with Crippen LogP contribution in [0.3, 0.4) is 0 Å². The highest BCUT2D eigenvalue weighted by Gasteiger charge is 1.82. The van der Waals surface area contributed by atoms with Gasteiger partial charge < -0.3 is 11.5 Å². The quantitative estimate of drug-likeness (QED) is 0.448. The maximum Gasteiger partial charge on any atom is 0.0106 e. The maximum atomic E-state index is 5.30. The molecule has 0 unspecified atom stereocenters. The van der Waals surface area contributed by atoms with Crippen LogP contribution >= 0.6 is 0 Å². The third-order valence-electron chi connectivity index (χ3n) is 1.60. The predicted octanol–water partition coefficient (Wildman–Crippen LogP) is 1.58. The Labute approximate surface area is 75.3 Å². The minimum atomic E-state index is 0.660. The predicted molar refractivity (Wildman–Crippen MR) is 54.9 cm³/mol. The van der Waals surface area contributed by atoms with Crippen LogP contribution in [0.15, 0.2) is 24.3 Å². The van der Waals surface area contributed by atoms with E-state index in [-0.39, 0.29) is 0 Å². The molecule has 4 N–H and O–H groups in total. The molecule has 12 heavy (non-hydrogen) atoms. The van der Waals surface area contributed by atoms with Gasteiger partial charge in [-0.2, -0.15) is 0 Å². The molecule has 0 aromatic rings. The van der Waals surface area contributed by atoms with E-state index in [2.05, 4.69) is 12.2 Å². The van der Waals surface area contributed by atoms with Crippen molar-refractivity contribution in [3.8, 4) is 0 Å². The Kier molecular flexibility index (Phi) is 9.88. The van der Waals surface area contributed by atoms with E-state index >= 15 is 0 Å². The monoisotopic (exact) mass is 168 g/mol. The standard InChI is InChI=1S/C10H20N2/c11-9-7-5-3-1-2-4-6-8-10-12/h5-8H,1-4,9-12H2. The number of nitrogens with two attached hydrogens (primary N) is 2.